The quantitative estimate of drug-likeness (QED) is 0.861. The predicted octanol–water partition coefficient (Wildman–Crippen LogP) is 1.70. The van der Waals surface area contributed by atoms with Crippen LogP contribution in [-0.4, -0.2) is 26.6 Å². The maximum Gasteiger partial charge on any atom is 0.0797 e. The molecular weight excluding hydrogens is 238 g/mol. The van der Waals surface area contributed by atoms with E-state index in [0.29, 0.717) is 0 Å². The Hall–Kier alpha value is -1.62. The molecule has 19 heavy (non-hydrogen) atoms. The van der Waals surface area contributed by atoms with E-state index >= 15 is 0 Å². The molecule has 0 fully saturated rings. The molecule has 0 aliphatic heterocycles. The molecule has 2 rings (SSSR count). The molecule has 0 aromatic carbocycles. The van der Waals surface area contributed by atoms with Crippen LogP contribution in [0.5, 0.6) is 0 Å². The van der Waals surface area contributed by atoms with Crippen LogP contribution in [0.15, 0.2) is 18.3 Å². The van der Waals surface area contributed by atoms with E-state index in [0.717, 1.165) is 30.8 Å². The standard InChI is InChI=1S/C14H23N5/c1-5-11-9-12(19(6-2)16-11)10-14(15-3)13-7-8-18(4)17-13/h7-9,14-15H,5-6,10H2,1-4H3. The molecule has 104 valence electrons. The lowest BCUT2D eigenvalue weighted by atomic mass is 10.1. The van der Waals surface area contributed by atoms with Crippen molar-refractivity contribution < 1.29 is 0 Å². The Balaban J connectivity index is 2.20. The van der Waals surface area contributed by atoms with Gasteiger partial charge in [-0.15, -0.1) is 0 Å². The lowest BCUT2D eigenvalue weighted by Gasteiger charge is -2.14. The van der Waals surface area contributed by atoms with Crippen LogP contribution < -0.4 is 5.32 Å². The summed E-state index contributed by atoms with van der Waals surface area (Å²) in [7, 11) is 3.93. The molecule has 2 aromatic heterocycles. The highest BCUT2D eigenvalue weighted by Crippen LogP contribution is 2.17. The molecule has 0 aliphatic rings. The molecule has 2 heterocycles. The van der Waals surface area contributed by atoms with E-state index in [1.165, 1.54) is 5.69 Å². The van der Waals surface area contributed by atoms with Gasteiger partial charge in [0.25, 0.3) is 0 Å². The highest BCUT2D eigenvalue weighted by Gasteiger charge is 2.16. The molecule has 0 aliphatic carbocycles. The first-order chi connectivity index (χ1) is 9.17. The Kier molecular flexibility index (Phi) is 4.37. The molecule has 5 heteroatoms. The zero-order chi connectivity index (χ0) is 13.8. The fourth-order valence-electron chi connectivity index (χ4n) is 2.31. The van der Waals surface area contributed by atoms with Crippen LogP contribution in [0, 0.1) is 0 Å². The predicted molar refractivity (Wildman–Crippen MR) is 76.0 cm³/mol. The van der Waals surface area contributed by atoms with Crippen molar-refractivity contribution in [3.63, 3.8) is 0 Å². The molecule has 0 saturated heterocycles. The van der Waals surface area contributed by atoms with Crippen LogP contribution in [0.2, 0.25) is 0 Å². The van der Waals surface area contributed by atoms with Crippen LogP contribution >= 0.6 is 0 Å². The first-order valence-corrected chi connectivity index (χ1v) is 6.90. The van der Waals surface area contributed by atoms with Gasteiger partial charge in [0.1, 0.15) is 0 Å². The first-order valence-electron chi connectivity index (χ1n) is 6.90. The monoisotopic (exact) mass is 261 g/mol. The van der Waals surface area contributed by atoms with Crippen molar-refractivity contribution >= 4 is 0 Å². The Morgan fingerprint density at radius 1 is 1.32 bits per heavy atom. The highest BCUT2D eigenvalue weighted by atomic mass is 15.3. The third-order valence-electron chi connectivity index (χ3n) is 3.43. The molecule has 0 amide bonds. The summed E-state index contributed by atoms with van der Waals surface area (Å²) in [5.74, 6) is 0. The number of hydrogen-bond donors (Lipinski definition) is 1. The number of likely N-dealkylation sites (N-methyl/N-ethyl adjacent to an activating group) is 1. The number of nitrogens with one attached hydrogen (secondary N) is 1. The Morgan fingerprint density at radius 2 is 2.11 bits per heavy atom. The van der Waals surface area contributed by atoms with Crippen molar-refractivity contribution in [3.05, 3.63) is 35.4 Å². The minimum absolute atomic E-state index is 0.230. The largest absolute Gasteiger partial charge is 0.311 e. The SMILES string of the molecule is CCc1cc(CC(NC)c2ccn(C)n2)n(CC)n1. The molecule has 0 spiro atoms. The van der Waals surface area contributed by atoms with Gasteiger partial charge in [-0.05, 0) is 32.5 Å². The Labute approximate surface area is 114 Å². The van der Waals surface area contributed by atoms with Crippen LogP contribution in [0.25, 0.3) is 0 Å². The van der Waals surface area contributed by atoms with Crippen LogP contribution in [-0.2, 0) is 26.4 Å². The lowest BCUT2D eigenvalue weighted by molar-refractivity contribution is 0.524. The summed E-state index contributed by atoms with van der Waals surface area (Å²) in [6.45, 7) is 5.18. The van der Waals surface area contributed by atoms with Gasteiger partial charge in [0.05, 0.1) is 17.4 Å². The molecular formula is C14H23N5. The maximum atomic E-state index is 4.60. The van der Waals surface area contributed by atoms with Crippen LogP contribution in [0.3, 0.4) is 0 Å². The summed E-state index contributed by atoms with van der Waals surface area (Å²) in [4.78, 5) is 0. The van der Waals surface area contributed by atoms with Crippen molar-refractivity contribution in [2.24, 2.45) is 7.05 Å². The van der Waals surface area contributed by atoms with Gasteiger partial charge in [0.15, 0.2) is 0 Å². The summed E-state index contributed by atoms with van der Waals surface area (Å²) >= 11 is 0. The summed E-state index contributed by atoms with van der Waals surface area (Å²) in [5, 5.41) is 12.4. The molecule has 1 unspecified atom stereocenters. The van der Waals surface area contributed by atoms with Gasteiger partial charge in [-0.1, -0.05) is 6.92 Å². The molecule has 2 aromatic rings. The first kappa shape index (κ1) is 13.8. The average Bonchev–Trinajstić information content (AvgIpc) is 3.01. The van der Waals surface area contributed by atoms with Gasteiger partial charge in [0, 0.05) is 31.9 Å². The summed E-state index contributed by atoms with van der Waals surface area (Å²) in [6.07, 6.45) is 3.87. The third-order valence-corrected chi connectivity index (χ3v) is 3.43. The van der Waals surface area contributed by atoms with E-state index in [1.807, 2.05) is 25.0 Å². The van der Waals surface area contributed by atoms with Crippen molar-refractivity contribution in [1.82, 2.24) is 24.9 Å². The summed E-state index contributed by atoms with van der Waals surface area (Å²) in [5.41, 5.74) is 3.50. The Bertz CT molecular complexity index is 526. The van der Waals surface area contributed by atoms with E-state index < -0.39 is 0 Å². The Morgan fingerprint density at radius 3 is 2.63 bits per heavy atom. The van der Waals surface area contributed by atoms with Crippen LogP contribution in [0.4, 0.5) is 0 Å². The molecule has 0 saturated carbocycles. The number of aromatic nitrogens is 4. The van der Waals surface area contributed by atoms with Gasteiger partial charge >= 0.3 is 0 Å². The van der Waals surface area contributed by atoms with E-state index in [9.17, 15) is 0 Å². The van der Waals surface area contributed by atoms with Crippen molar-refractivity contribution in [2.75, 3.05) is 7.05 Å². The number of nitrogens with zero attached hydrogens (tertiary/aromatic N) is 4. The maximum absolute atomic E-state index is 4.60. The topological polar surface area (TPSA) is 47.7 Å². The number of rotatable bonds is 6. The number of hydrogen-bond acceptors (Lipinski definition) is 3. The van der Waals surface area contributed by atoms with Gasteiger partial charge in [-0.25, -0.2) is 0 Å². The highest BCUT2D eigenvalue weighted by molar-refractivity contribution is 5.15. The van der Waals surface area contributed by atoms with E-state index in [1.54, 1.807) is 0 Å². The minimum atomic E-state index is 0.230. The van der Waals surface area contributed by atoms with E-state index in [2.05, 4.69) is 46.2 Å². The molecule has 5 nitrogen and oxygen atoms in total. The zero-order valence-corrected chi connectivity index (χ0v) is 12.2. The van der Waals surface area contributed by atoms with Crippen molar-refractivity contribution in [1.29, 1.82) is 0 Å². The second kappa shape index (κ2) is 6.02. The molecule has 1 atom stereocenters. The second-order valence-electron chi connectivity index (χ2n) is 4.76. The fraction of sp³-hybridized carbons (Fsp3) is 0.571. The average molecular weight is 261 g/mol. The number of aryl methyl sites for hydroxylation is 3. The summed E-state index contributed by atoms with van der Waals surface area (Å²) in [6, 6.07) is 4.50. The van der Waals surface area contributed by atoms with Gasteiger partial charge in [0.2, 0.25) is 0 Å². The molecule has 0 radical (unpaired) electrons. The van der Waals surface area contributed by atoms with Gasteiger partial charge in [-0.2, -0.15) is 10.2 Å². The lowest BCUT2D eigenvalue weighted by Crippen LogP contribution is -2.21. The van der Waals surface area contributed by atoms with Crippen molar-refractivity contribution in [2.45, 2.75) is 39.3 Å². The molecule has 0 bridgehead atoms. The smallest absolute Gasteiger partial charge is 0.0797 e. The van der Waals surface area contributed by atoms with Crippen molar-refractivity contribution in [3.8, 4) is 0 Å². The molecule has 1 N–H and O–H groups in total. The third kappa shape index (κ3) is 3.04. The van der Waals surface area contributed by atoms with Gasteiger partial charge in [-0.3, -0.25) is 9.36 Å². The van der Waals surface area contributed by atoms with Gasteiger partial charge < -0.3 is 5.32 Å². The zero-order valence-electron chi connectivity index (χ0n) is 12.2. The van der Waals surface area contributed by atoms with E-state index in [-0.39, 0.29) is 6.04 Å². The second-order valence-corrected chi connectivity index (χ2v) is 4.76. The summed E-state index contributed by atoms with van der Waals surface area (Å²) < 4.78 is 3.93. The van der Waals surface area contributed by atoms with E-state index in [4.69, 9.17) is 0 Å². The minimum Gasteiger partial charge on any atom is -0.311 e. The normalized spacial score (nSPS) is 12.8. The fourth-order valence-corrected chi connectivity index (χ4v) is 2.31. The van der Waals surface area contributed by atoms with Crippen LogP contribution in [0.1, 0.15) is 37.0 Å².